The third-order valence-electron chi connectivity index (χ3n) is 5.60. The zero-order chi connectivity index (χ0) is 23.4. The normalized spacial score (nSPS) is 15.4. The van der Waals surface area contributed by atoms with Crippen LogP contribution in [0.1, 0.15) is 27.9 Å². The highest BCUT2D eigenvalue weighted by molar-refractivity contribution is 6.07. The van der Waals surface area contributed by atoms with E-state index in [1.54, 1.807) is 24.3 Å². The topological polar surface area (TPSA) is 78.5 Å². The number of hydrogen-bond acceptors (Lipinski definition) is 3. The van der Waals surface area contributed by atoms with Crippen molar-refractivity contribution in [3.05, 3.63) is 95.3 Å². The van der Waals surface area contributed by atoms with Gasteiger partial charge >= 0.3 is 0 Å². The first-order chi connectivity index (χ1) is 15.9. The maximum Gasteiger partial charge on any atom is 0.253 e. The second-order valence-corrected chi connectivity index (χ2v) is 8.09. The zero-order valence-electron chi connectivity index (χ0n) is 18.2. The van der Waals surface area contributed by atoms with Crippen molar-refractivity contribution in [1.82, 2.24) is 5.32 Å². The van der Waals surface area contributed by atoms with Gasteiger partial charge in [-0.1, -0.05) is 42.0 Å². The Hall–Kier alpha value is -4.00. The average Bonchev–Trinajstić information content (AvgIpc) is 3.20. The van der Waals surface area contributed by atoms with Gasteiger partial charge in [0.2, 0.25) is 11.8 Å². The number of aryl methyl sites for hydroxylation is 1. The molecule has 0 aromatic heterocycles. The van der Waals surface area contributed by atoms with E-state index in [1.807, 2.05) is 31.2 Å². The number of para-hydroxylation sites is 1. The fraction of sp³-hybridized carbons (Fsp3) is 0.192. The molecule has 7 heteroatoms. The molecule has 0 bridgehead atoms. The smallest absolute Gasteiger partial charge is 0.253 e. The molecular formula is C26H24FN3O3. The molecule has 3 aromatic carbocycles. The minimum atomic E-state index is -0.578. The molecule has 0 radical (unpaired) electrons. The van der Waals surface area contributed by atoms with Crippen molar-refractivity contribution in [1.29, 1.82) is 0 Å². The van der Waals surface area contributed by atoms with Crippen LogP contribution in [0.25, 0.3) is 0 Å². The predicted molar refractivity (Wildman–Crippen MR) is 124 cm³/mol. The van der Waals surface area contributed by atoms with E-state index in [-0.39, 0.29) is 30.7 Å². The number of nitrogens with zero attached hydrogens (tertiary/aromatic N) is 1. The number of halogens is 1. The largest absolute Gasteiger partial charge is 0.348 e. The molecule has 33 heavy (non-hydrogen) atoms. The molecule has 2 N–H and O–H groups in total. The molecule has 6 nitrogen and oxygen atoms in total. The summed E-state index contributed by atoms with van der Waals surface area (Å²) in [6.45, 7) is 2.55. The number of carbonyl (C=O) groups is 3. The molecule has 4 rings (SSSR count). The minimum Gasteiger partial charge on any atom is -0.348 e. The molecule has 3 amide bonds. The van der Waals surface area contributed by atoms with Crippen LogP contribution in [0.15, 0.2) is 72.8 Å². The summed E-state index contributed by atoms with van der Waals surface area (Å²) >= 11 is 0. The summed E-state index contributed by atoms with van der Waals surface area (Å²) in [4.78, 5) is 39.6. The van der Waals surface area contributed by atoms with Gasteiger partial charge in [-0.05, 0) is 48.9 Å². The van der Waals surface area contributed by atoms with Crippen molar-refractivity contribution in [2.24, 2.45) is 5.92 Å². The van der Waals surface area contributed by atoms with E-state index in [9.17, 15) is 18.8 Å². The Morgan fingerprint density at radius 1 is 1.03 bits per heavy atom. The summed E-state index contributed by atoms with van der Waals surface area (Å²) in [5, 5.41) is 5.69. The predicted octanol–water partition coefficient (Wildman–Crippen LogP) is 4.06. The quantitative estimate of drug-likeness (QED) is 0.601. The van der Waals surface area contributed by atoms with Crippen LogP contribution >= 0.6 is 0 Å². The van der Waals surface area contributed by atoms with Crippen LogP contribution in [-0.4, -0.2) is 24.3 Å². The second kappa shape index (κ2) is 9.65. The van der Waals surface area contributed by atoms with Gasteiger partial charge in [0.25, 0.3) is 5.91 Å². The number of anilines is 2. The van der Waals surface area contributed by atoms with Gasteiger partial charge in [-0.15, -0.1) is 0 Å². The van der Waals surface area contributed by atoms with E-state index < -0.39 is 11.7 Å². The van der Waals surface area contributed by atoms with Crippen molar-refractivity contribution in [3.63, 3.8) is 0 Å². The van der Waals surface area contributed by atoms with Crippen molar-refractivity contribution >= 4 is 29.1 Å². The van der Waals surface area contributed by atoms with Crippen LogP contribution in [0.5, 0.6) is 0 Å². The Balaban J connectivity index is 1.42. The minimum absolute atomic E-state index is 0.0466. The molecule has 1 saturated heterocycles. The van der Waals surface area contributed by atoms with Crippen LogP contribution in [0.2, 0.25) is 0 Å². The molecule has 1 heterocycles. The highest BCUT2D eigenvalue weighted by atomic mass is 19.1. The van der Waals surface area contributed by atoms with Crippen LogP contribution in [-0.2, 0) is 16.1 Å². The molecule has 0 unspecified atom stereocenters. The Labute approximate surface area is 191 Å². The van der Waals surface area contributed by atoms with Crippen molar-refractivity contribution in [2.75, 3.05) is 16.8 Å². The lowest BCUT2D eigenvalue weighted by molar-refractivity contribution is -0.122. The number of amides is 3. The maximum atomic E-state index is 13.2. The van der Waals surface area contributed by atoms with Crippen LogP contribution in [0.4, 0.5) is 15.8 Å². The molecule has 168 valence electrons. The van der Waals surface area contributed by atoms with E-state index in [1.165, 1.54) is 29.2 Å². The Kier molecular flexibility index (Phi) is 6.49. The Morgan fingerprint density at radius 3 is 2.55 bits per heavy atom. The van der Waals surface area contributed by atoms with Gasteiger partial charge in [-0.25, -0.2) is 4.39 Å². The van der Waals surface area contributed by atoms with Gasteiger partial charge in [-0.3, -0.25) is 14.4 Å². The number of carbonyl (C=O) groups excluding carboxylic acids is 3. The number of benzene rings is 3. The number of hydrogen-bond donors (Lipinski definition) is 2. The first kappa shape index (κ1) is 22.2. The van der Waals surface area contributed by atoms with E-state index in [4.69, 9.17) is 0 Å². The van der Waals surface area contributed by atoms with E-state index in [0.29, 0.717) is 23.5 Å². The SMILES string of the molecule is Cc1cccc(CNC(=O)c2ccccc2NC(=O)[C@H]2CC(=O)N(c3ccc(F)cc3)C2)c1. The van der Waals surface area contributed by atoms with Gasteiger partial charge in [0.15, 0.2) is 0 Å². The summed E-state index contributed by atoms with van der Waals surface area (Å²) in [6, 6.07) is 20.2. The van der Waals surface area contributed by atoms with E-state index in [2.05, 4.69) is 10.6 Å². The molecule has 1 atom stereocenters. The monoisotopic (exact) mass is 445 g/mol. The van der Waals surface area contributed by atoms with Crippen molar-refractivity contribution in [3.8, 4) is 0 Å². The average molecular weight is 445 g/mol. The lowest BCUT2D eigenvalue weighted by Crippen LogP contribution is -2.29. The first-order valence-corrected chi connectivity index (χ1v) is 10.7. The molecule has 1 aliphatic rings. The Bertz CT molecular complexity index is 1190. The van der Waals surface area contributed by atoms with Crippen molar-refractivity contribution in [2.45, 2.75) is 19.9 Å². The number of nitrogens with one attached hydrogen (secondary N) is 2. The van der Waals surface area contributed by atoms with Gasteiger partial charge in [0.05, 0.1) is 17.2 Å². The van der Waals surface area contributed by atoms with Gasteiger partial charge in [-0.2, -0.15) is 0 Å². The standard InChI is InChI=1S/C26H24FN3O3/c1-17-5-4-6-18(13-17)15-28-26(33)22-7-2-3-8-23(22)29-25(32)19-14-24(31)30(16-19)21-11-9-20(27)10-12-21/h2-13,19H,14-16H2,1H3,(H,28,33)(H,29,32)/t19-/m0/s1. The third-order valence-corrected chi connectivity index (χ3v) is 5.60. The molecule has 0 spiro atoms. The lowest BCUT2D eigenvalue weighted by atomic mass is 10.1. The Morgan fingerprint density at radius 2 is 1.79 bits per heavy atom. The van der Waals surface area contributed by atoms with E-state index >= 15 is 0 Å². The molecule has 1 aliphatic heterocycles. The van der Waals surface area contributed by atoms with Gasteiger partial charge in [0.1, 0.15) is 5.82 Å². The van der Waals surface area contributed by atoms with Gasteiger partial charge < -0.3 is 15.5 Å². The molecular weight excluding hydrogens is 421 g/mol. The summed E-state index contributed by atoms with van der Waals surface area (Å²) in [6.07, 6.45) is 0.0466. The van der Waals surface area contributed by atoms with Gasteiger partial charge in [0, 0.05) is 25.2 Å². The summed E-state index contributed by atoms with van der Waals surface area (Å²) < 4.78 is 13.2. The van der Waals surface area contributed by atoms with Crippen molar-refractivity contribution < 1.29 is 18.8 Å². The summed E-state index contributed by atoms with van der Waals surface area (Å²) in [5.41, 5.74) is 3.37. The van der Waals surface area contributed by atoms with E-state index in [0.717, 1.165) is 11.1 Å². The summed E-state index contributed by atoms with van der Waals surface area (Å²) in [5.74, 6) is -1.82. The number of rotatable bonds is 6. The first-order valence-electron chi connectivity index (χ1n) is 10.7. The fourth-order valence-corrected chi connectivity index (χ4v) is 3.88. The molecule has 0 aliphatic carbocycles. The third kappa shape index (κ3) is 5.26. The zero-order valence-corrected chi connectivity index (χ0v) is 18.2. The van der Waals surface area contributed by atoms with Crippen LogP contribution < -0.4 is 15.5 Å². The van der Waals surface area contributed by atoms with Crippen LogP contribution in [0, 0.1) is 18.7 Å². The maximum absolute atomic E-state index is 13.2. The van der Waals surface area contributed by atoms with Crippen LogP contribution in [0.3, 0.4) is 0 Å². The molecule has 1 fully saturated rings. The second-order valence-electron chi connectivity index (χ2n) is 8.09. The molecule has 0 saturated carbocycles. The lowest BCUT2D eigenvalue weighted by Gasteiger charge is -2.17. The summed E-state index contributed by atoms with van der Waals surface area (Å²) in [7, 11) is 0. The fourth-order valence-electron chi connectivity index (χ4n) is 3.88. The molecule has 3 aromatic rings. The highest BCUT2D eigenvalue weighted by Crippen LogP contribution is 2.27. The highest BCUT2D eigenvalue weighted by Gasteiger charge is 2.35.